The topological polar surface area (TPSA) is 103 Å². The van der Waals surface area contributed by atoms with Gasteiger partial charge in [-0.15, -0.1) is 0 Å². The number of hydrogen-bond donors (Lipinski definition) is 2. The average molecular weight is 350 g/mol. The van der Waals surface area contributed by atoms with Crippen LogP contribution in [-0.2, 0) is 14.3 Å². The second kappa shape index (κ2) is 10.7. The zero-order valence-electron chi connectivity index (χ0n) is 14.5. The first-order chi connectivity index (χ1) is 12.0. The van der Waals surface area contributed by atoms with Crippen LogP contribution >= 0.6 is 0 Å². The molecule has 0 bridgehead atoms. The largest absolute Gasteiger partial charge is 0.497 e. The highest BCUT2D eigenvalue weighted by Gasteiger charge is 2.09. The summed E-state index contributed by atoms with van der Waals surface area (Å²) >= 11 is 0. The van der Waals surface area contributed by atoms with Gasteiger partial charge < -0.3 is 19.5 Å². The van der Waals surface area contributed by atoms with Gasteiger partial charge in [-0.2, -0.15) is 0 Å². The van der Waals surface area contributed by atoms with Crippen molar-refractivity contribution in [1.29, 1.82) is 0 Å². The third-order valence-electron chi connectivity index (χ3n) is 2.92. The molecular formula is C17H22N2O6. The Bertz CT molecular complexity index is 620. The van der Waals surface area contributed by atoms with E-state index in [0.717, 1.165) is 6.42 Å². The van der Waals surface area contributed by atoms with Crippen LogP contribution in [0.4, 0.5) is 4.79 Å². The van der Waals surface area contributed by atoms with Crippen molar-refractivity contribution in [2.45, 2.75) is 13.3 Å². The van der Waals surface area contributed by atoms with Crippen LogP contribution in [0.3, 0.4) is 0 Å². The minimum Gasteiger partial charge on any atom is -0.497 e. The zero-order valence-corrected chi connectivity index (χ0v) is 14.5. The molecule has 0 aliphatic heterocycles. The Balaban J connectivity index is 2.50. The maximum Gasteiger partial charge on any atom is 0.331 e. The van der Waals surface area contributed by atoms with Crippen molar-refractivity contribution >= 4 is 24.0 Å². The van der Waals surface area contributed by atoms with Crippen molar-refractivity contribution in [3.63, 3.8) is 0 Å². The van der Waals surface area contributed by atoms with E-state index in [1.807, 2.05) is 6.92 Å². The van der Waals surface area contributed by atoms with Gasteiger partial charge in [0, 0.05) is 18.7 Å². The monoisotopic (exact) mass is 350 g/mol. The molecule has 1 aromatic carbocycles. The van der Waals surface area contributed by atoms with Gasteiger partial charge in [0.05, 0.1) is 14.2 Å². The quantitative estimate of drug-likeness (QED) is 0.544. The molecule has 136 valence electrons. The van der Waals surface area contributed by atoms with Crippen LogP contribution in [0.1, 0.15) is 18.9 Å². The smallest absolute Gasteiger partial charge is 0.331 e. The normalized spacial score (nSPS) is 10.2. The minimum absolute atomic E-state index is 0.450. The number of esters is 1. The molecule has 0 spiro atoms. The summed E-state index contributed by atoms with van der Waals surface area (Å²) in [6, 6.07) is 4.49. The molecule has 1 rings (SSSR count). The van der Waals surface area contributed by atoms with Crippen LogP contribution in [0.5, 0.6) is 11.5 Å². The molecule has 1 aromatic rings. The van der Waals surface area contributed by atoms with Crippen LogP contribution in [0.25, 0.3) is 6.08 Å². The van der Waals surface area contributed by atoms with Gasteiger partial charge in [0.1, 0.15) is 11.5 Å². The Morgan fingerprint density at radius 3 is 2.28 bits per heavy atom. The summed E-state index contributed by atoms with van der Waals surface area (Å²) in [4.78, 5) is 34.4. The summed E-state index contributed by atoms with van der Waals surface area (Å²) < 4.78 is 15.0. The number of hydrogen-bond acceptors (Lipinski definition) is 6. The van der Waals surface area contributed by atoms with Gasteiger partial charge >= 0.3 is 12.0 Å². The number of benzene rings is 1. The van der Waals surface area contributed by atoms with Gasteiger partial charge in [0.25, 0.3) is 5.91 Å². The van der Waals surface area contributed by atoms with E-state index in [9.17, 15) is 14.4 Å². The number of carbonyl (C=O) groups excluding carboxylic acids is 3. The van der Waals surface area contributed by atoms with Crippen LogP contribution in [0.2, 0.25) is 0 Å². The Kier molecular flexibility index (Phi) is 8.56. The van der Waals surface area contributed by atoms with Gasteiger partial charge in [-0.3, -0.25) is 10.1 Å². The van der Waals surface area contributed by atoms with Crippen LogP contribution in [-0.4, -0.2) is 45.3 Å². The van der Waals surface area contributed by atoms with E-state index in [-0.39, 0.29) is 0 Å². The summed E-state index contributed by atoms with van der Waals surface area (Å²) in [5, 5.41) is 4.52. The van der Waals surface area contributed by atoms with Gasteiger partial charge in [0.15, 0.2) is 6.61 Å². The number of amides is 3. The van der Waals surface area contributed by atoms with Gasteiger partial charge in [-0.05, 0) is 30.2 Å². The molecule has 0 radical (unpaired) electrons. The Hall–Kier alpha value is -3.03. The van der Waals surface area contributed by atoms with Crippen molar-refractivity contribution in [2.75, 3.05) is 27.4 Å². The molecule has 0 aromatic heterocycles. The SMILES string of the molecule is CCCNC(=O)NC(=O)COC(=O)/C=C/c1cc(OC)cc(OC)c1. The van der Waals surface area contributed by atoms with E-state index < -0.39 is 24.5 Å². The van der Waals surface area contributed by atoms with Gasteiger partial charge in [0.2, 0.25) is 0 Å². The predicted molar refractivity (Wildman–Crippen MR) is 91.4 cm³/mol. The minimum atomic E-state index is -0.717. The first kappa shape index (κ1) is 20.0. The molecule has 3 amide bonds. The fraction of sp³-hybridized carbons (Fsp3) is 0.353. The molecule has 25 heavy (non-hydrogen) atoms. The van der Waals surface area contributed by atoms with Crippen molar-refractivity contribution in [1.82, 2.24) is 10.6 Å². The lowest BCUT2D eigenvalue weighted by Gasteiger charge is -2.06. The van der Waals surface area contributed by atoms with E-state index in [1.54, 1.807) is 18.2 Å². The lowest BCUT2D eigenvalue weighted by molar-refractivity contribution is -0.143. The van der Waals surface area contributed by atoms with E-state index in [2.05, 4.69) is 10.6 Å². The van der Waals surface area contributed by atoms with E-state index >= 15 is 0 Å². The molecule has 8 heteroatoms. The lowest BCUT2D eigenvalue weighted by Crippen LogP contribution is -2.41. The molecule has 8 nitrogen and oxygen atoms in total. The van der Waals surface area contributed by atoms with Crippen molar-refractivity contribution in [3.05, 3.63) is 29.8 Å². The number of carbonyl (C=O) groups is 3. The fourth-order valence-corrected chi connectivity index (χ4v) is 1.72. The van der Waals surface area contributed by atoms with E-state index in [0.29, 0.717) is 23.6 Å². The second-order valence-electron chi connectivity index (χ2n) is 4.89. The second-order valence-corrected chi connectivity index (χ2v) is 4.89. The first-order valence-corrected chi connectivity index (χ1v) is 7.64. The van der Waals surface area contributed by atoms with Crippen molar-refractivity contribution in [2.24, 2.45) is 0 Å². The molecule has 0 aliphatic rings. The highest BCUT2D eigenvalue weighted by atomic mass is 16.5. The number of nitrogens with one attached hydrogen (secondary N) is 2. The summed E-state index contributed by atoms with van der Waals surface area (Å²) in [7, 11) is 3.04. The fourth-order valence-electron chi connectivity index (χ4n) is 1.72. The average Bonchev–Trinajstić information content (AvgIpc) is 2.62. The molecule has 0 saturated heterocycles. The maximum absolute atomic E-state index is 11.6. The molecule has 0 heterocycles. The highest BCUT2D eigenvalue weighted by Crippen LogP contribution is 2.23. The number of rotatable bonds is 8. The van der Waals surface area contributed by atoms with Crippen LogP contribution < -0.4 is 20.1 Å². The zero-order chi connectivity index (χ0) is 18.7. The number of methoxy groups -OCH3 is 2. The van der Waals surface area contributed by atoms with Crippen LogP contribution in [0.15, 0.2) is 24.3 Å². The third-order valence-corrected chi connectivity index (χ3v) is 2.92. The summed E-state index contributed by atoms with van der Waals surface area (Å²) in [5.74, 6) is -0.279. The third kappa shape index (κ3) is 7.87. The van der Waals surface area contributed by atoms with Gasteiger partial charge in [-0.25, -0.2) is 9.59 Å². The van der Waals surface area contributed by atoms with Gasteiger partial charge in [-0.1, -0.05) is 6.92 Å². The summed E-state index contributed by atoms with van der Waals surface area (Å²) in [6.45, 7) is 1.78. The summed E-state index contributed by atoms with van der Waals surface area (Å²) in [5.41, 5.74) is 0.663. The maximum atomic E-state index is 11.6. The van der Waals surface area contributed by atoms with Crippen molar-refractivity contribution in [3.8, 4) is 11.5 Å². The molecule has 0 unspecified atom stereocenters. The molecule has 2 N–H and O–H groups in total. The number of urea groups is 1. The lowest BCUT2D eigenvalue weighted by atomic mass is 10.2. The molecule has 0 fully saturated rings. The highest BCUT2D eigenvalue weighted by molar-refractivity contribution is 5.96. The Morgan fingerprint density at radius 2 is 1.72 bits per heavy atom. The molecule has 0 saturated carbocycles. The molecule has 0 atom stereocenters. The standard InChI is InChI=1S/C17H22N2O6/c1-4-7-18-17(22)19-15(20)11-25-16(21)6-5-12-8-13(23-2)10-14(9-12)24-3/h5-6,8-10H,4,7,11H2,1-3H3,(H2,18,19,20,22)/b6-5+. The molecular weight excluding hydrogens is 328 g/mol. The summed E-state index contributed by atoms with van der Waals surface area (Å²) in [6.07, 6.45) is 3.41. The Morgan fingerprint density at radius 1 is 1.08 bits per heavy atom. The Labute approximate surface area is 146 Å². The van der Waals surface area contributed by atoms with Crippen molar-refractivity contribution < 1.29 is 28.6 Å². The predicted octanol–water partition coefficient (Wildman–Crippen LogP) is 1.50. The molecule has 0 aliphatic carbocycles. The number of ether oxygens (including phenoxy) is 3. The number of imide groups is 1. The van der Waals surface area contributed by atoms with E-state index in [4.69, 9.17) is 14.2 Å². The first-order valence-electron chi connectivity index (χ1n) is 7.64. The van der Waals surface area contributed by atoms with E-state index in [1.165, 1.54) is 26.4 Å². The van der Waals surface area contributed by atoms with Crippen LogP contribution in [0, 0.1) is 0 Å².